The monoisotopic (exact) mass is 356 g/mol. The highest BCUT2D eigenvalue weighted by Crippen LogP contribution is 2.30. The molecule has 6 nitrogen and oxygen atoms in total. The number of imidazole rings is 1. The Bertz CT molecular complexity index is 1020. The molecule has 0 fully saturated rings. The molecule has 0 bridgehead atoms. The van der Waals surface area contributed by atoms with Gasteiger partial charge in [-0.3, -0.25) is 10.1 Å². The summed E-state index contributed by atoms with van der Waals surface area (Å²) in [5.74, 6) is 0. The zero-order valence-corrected chi connectivity index (χ0v) is 13.7. The zero-order valence-electron chi connectivity index (χ0n) is 12.1. The number of nitro groups is 1. The van der Waals surface area contributed by atoms with Crippen LogP contribution >= 0.6 is 22.9 Å². The number of benzene rings is 2. The standard InChI is InChI=1S/C16H9ClN4O2S/c17-12-6-4-10(5-7-12)14-9-20-16(18-14)24-15(19-20)11-2-1-3-13(8-11)21(22)23/h1-9H. The number of hydrogen-bond donors (Lipinski definition) is 0. The van der Waals surface area contributed by atoms with Crippen molar-refractivity contribution in [2.45, 2.75) is 0 Å². The van der Waals surface area contributed by atoms with E-state index in [0.29, 0.717) is 15.6 Å². The van der Waals surface area contributed by atoms with Crippen molar-refractivity contribution in [1.82, 2.24) is 14.6 Å². The minimum Gasteiger partial charge on any atom is -0.258 e. The van der Waals surface area contributed by atoms with Gasteiger partial charge in [-0.1, -0.05) is 47.2 Å². The summed E-state index contributed by atoms with van der Waals surface area (Å²) < 4.78 is 1.68. The molecule has 4 rings (SSSR count). The Kier molecular flexibility index (Phi) is 3.51. The highest BCUT2D eigenvalue weighted by atomic mass is 35.5. The molecule has 0 aliphatic heterocycles. The third-order valence-electron chi connectivity index (χ3n) is 3.49. The Morgan fingerprint density at radius 3 is 2.62 bits per heavy atom. The third-order valence-corrected chi connectivity index (χ3v) is 4.71. The maximum absolute atomic E-state index is 10.9. The SMILES string of the molecule is O=[N+]([O-])c1cccc(-c2nn3cc(-c4ccc(Cl)cc4)nc3s2)c1. The van der Waals surface area contributed by atoms with E-state index in [1.165, 1.54) is 23.5 Å². The Labute approximate surface area is 145 Å². The van der Waals surface area contributed by atoms with Gasteiger partial charge >= 0.3 is 0 Å². The molecule has 0 unspecified atom stereocenters. The van der Waals surface area contributed by atoms with E-state index < -0.39 is 4.92 Å². The van der Waals surface area contributed by atoms with E-state index in [9.17, 15) is 10.1 Å². The summed E-state index contributed by atoms with van der Waals surface area (Å²) in [5, 5.41) is 16.7. The first-order chi connectivity index (χ1) is 11.6. The Morgan fingerprint density at radius 1 is 1.12 bits per heavy atom. The summed E-state index contributed by atoms with van der Waals surface area (Å²) in [7, 11) is 0. The van der Waals surface area contributed by atoms with Crippen LogP contribution in [0.4, 0.5) is 5.69 Å². The maximum atomic E-state index is 10.9. The van der Waals surface area contributed by atoms with Crippen LogP contribution < -0.4 is 0 Å². The molecule has 0 aliphatic carbocycles. The molecular weight excluding hydrogens is 348 g/mol. The lowest BCUT2D eigenvalue weighted by molar-refractivity contribution is -0.384. The molecule has 0 saturated carbocycles. The minimum atomic E-state index is -0.416. The van der Waals surface area contributed by atoms with Gasteiger partial charge in [0, 0.05) is 28.3 Å². The topological polar surface area (TPSA) is 73.3 Å². The third kappa shape index (κ3) is 2.64. The molecule has 118 valence electrons. The average Bonchev–Trinajstić information content (AvgIpc) is 3.14. The van der Waals surface area contributed by atoms with Crippen LogP contribution in [-0.2, 0) is 0 Å². The van der Waals surface area contributed by atoms with Crippen LogP contribution in [-0.4, -0.2) is 19.5 Å². The van der Waals surface area contributed by atoms with Crippen molar-refractivity contribution in [2.24, 2.45) is 0 Å². The molecule has 0 aliphatic rings. The van der Waals surface area contributed by atoms with E-state index in [0.717, 1.165) is 16.2 Å². The highest BCUT2D eigenvalue weighted by molar-refractivity contribution is 7.19. The van der Waals surface area contributed by atoms with Gasteiger partial charge in [0.05, 0.1) is 16.8 Å². The number of nitro benzene ring substituents is 1. The smallest absolute Gasteiger partial charge is 0.258 e. The molecule has 0 N–H and O–H groups in total. The summed E-state index contributed by atoms with van der Waals surface area (Å²) in [4.78, 5) is 15.8. The largest absolute Gasteiger partial charge is 0.270 e. The fourth-order valence-corrected chi connectivity index (χ4v) is 3.33. The molecule has 24 heavy (non-hydrogen) atoms. The van der Waals surface area contributed by atoms with Crippen molar-refractivity contribution in [1.29, 1.82) is 0 Å². The minimum absolute atomic E-state index is 0.0437. The second-order valence-electron chi connectivity index (χ2n) is 5.07. The number of aromatic nitrogens is 3. The van der Waals surface area contributed by atoms with Gasteiger partial charge in [0.2, 0.25) is 4.96 Å². The Morgan fingerprint density at radius 2 is 1.92 bits per heavy atom. The van der Waals surface area contributed by atoms with Crippen molar-refractivity contribution in [2.75, 3.05) is 0 Å². The predicted octanol–water partition coefficient (Wildman–Crippen LogP) is 4.69. The second kappa shape index (κ2) is 5.70. The number of halogens is 1. The molecule has 2 heterocycles. The van der Waals surface area contributed by atoms with Gasteiger partial charge in [-0.2, -0.15) is 5.10 Å². The van der Waals surface area contributed by atoms with Crippen molar-refractivity contribution in [3.05, 3.63) is 69.9 Å². The van der Waals surface area contributed by atoms with Crippen LogP contribution in [0.2, 0.25) is 5.02 Å². The fourth-order valence-electron chi connectivity index (χ4n) is 2.33. The van der Waals surface area contributed by atoms with Gasteiger partial charge in [-0.25, -0.2) is 9.50 Å². The van der Waals surface area contributed by atoms with Gasteiger partial charge < -0.3 is 0 Å². The van der Waals surface area contributed by atoms with Gasteiger partial charge in [0.25, 0.3) is 5.69 Å². The van der Waals surface area contributed by atoms with E-state index in [1.807, 2.05) is 30.5 Å². The summed E-state index contributed by atoms with van der Waals surface area (Å²) in [5.41, 5.74) is 2.50. The van der Waals surface area contributed by atoms with Crippen LogP contribution in [0.25, 0.3) is 26.8 Å². The fraction of sp³-hybridized carbons (Fsp3) is 0. The predicted molar refractivity (Wildman–Crippen MR) is 93.4 cm³/mol. The quantitative estimate of drug-likeness (QED) is 0.394. The number of nitrogens with zero attached hydrogens (tertiary/aromatic N) is 4. The summed E-state index contributed by atoms with van der Waals surface area (Å²) in [6.45, 7) is 0. The molecule has 2 aromatic heterocycles. The van der Waals surface area contributed by atoms with Crippen LogP contribution in [0.1, 0.15) is 0 Å². The van der Waals surface area contributed by atoms with Crippen LogP contribution in [0.3, 0.4) is 0 Å². The average molecular weight is 357 g/mol. The number of non-ortho nitro benzene ring substituents is 1. The van der Waals surface area contributed by atoms with Crippen molar-refractivity contribution in [3.8, 4) is 21.8 Å². The molecule has 8 heteroatoms. The lowest BCUT2D eigenvalue weighted by atomic mass is 10.2. The number of fused-ring (bicyclic) bond motifs is 1. The summed E-state index contributed by atoms with van der Waals surface area (Å²) in [6, 6.07) is 13.8. The van der Waals surface area contributed by atoms with Crippen molar-refractivity contribution >= 4 is 33.6 Å². The summed E-state index contributed by atoms with van der Waals surface area (Å²) >= 11 is 7.28. The van der Waals surface area contributed by atoms with E-state index >= 15 is 0 Å². The lowest BCUT2D eigenvalue weighted by Gasteiger charge is -1.96. The van der Waals surface area contributed by atoms with Gasteiger partial charge in [-0.05, 0) is 12.1 Å². The first-order valence-corrected chi connectivity index (χ1v) is 8.16. The van der Waals surface area contributed by atoms with Crippen LogP contribution in [0.15, 0.2) is 54.7 Å². The van der Waals surface area contributed by atoms with E-state index in [4.69, 9.17) is 11.6 Å². The second-order valence-corrected chi connectivity index (χ2v) is 6.47. The Hall–Kier alpha value is -2.77. The lowest BCUT2D eigenvalue weighted by Crippen LogP contribution is -1.88. The van der Waals surface area contributed by atoms with Gasteiger partial charge in [0.15, 0.2) is 0 Å². The molecular formula is C16H9ClN4O2S. The van der Waals surface area contributed by atoms with Crippen LogP contribution in [0, 0.1) is 10.1 Å². The molecule has 0 amide bonds. The molecule has 4 aromatic rings. The normalized spacial score (nSPS) is 11.0. The van der Waals surface area contributed by atoms with E-state index in [2.05, 4.69) is 10.1 Å². The Balaban J connectivity index is 1.72. The molecule has 0 spiro atoms. The number of hydrogen-bond acceptors (Lipinski definition) is 5. The van der Waals surface area contributed by atoms with E-state index in [-0.39, 0.29) is 5.69 Å². The first-order valence-electron chi connectivity index (χ1n) is 6.97. The van der Waals surface area contributed by atoms with Gasteiger partial charge in [-0.15, -0.1) is 0 Å². The molecule has 0 radical (unpaired) electrons. The maximum Gasteiger partial charge on any atom is 0.270 e. The molecule has 2 aromatic carbocycles. The molecule has 0 atom stereocenters. The first kappa shape index (κ1) is 14.8. The van der Waals surface area contributed by atoms with Crippen LogP contribution in [0.5, 0.6) is 0 Å². The highest BCUT2D eigenvalue weighted by Gasteiger charge is 2.13. The van der Waals surface area contributed by atoms with Crippen molar-refractivity contribution < 1.29 is 4.92 Å². The molecule has 0 saturated heterocycles. The summed E-state index contributed by atoms with van der Waals surface area (Å²) in [6.07, 6.45) is 1.83. The van der Waals surface area contributed by atoms with Crippen molar-refractivity contribution in [3.63, 3.8) is 0 Å². The van der Waals surface area contributed by atoms with E-state index in [1.54, 1.807) is 16.6 Å². The van der Waals surface area contributed by atoms with Gasteiger partial charge in [0.1, 0.15) is 5.01 Å². The number of rotatable bonds is 3. The zero-order chi connectivity index (χ0) is 16.7.